The fraction of sp³-hybridized carbons (Fsp3) is 0.867. The first-order chi connectivity index (χ1) is 9.63. The highest BCUT2D eigenvalue weighted by molar-refractivity contribution is 5.88. The molecule has 5 nitrogen and oxygen atoms in total. The molecule has 2 aliphatic rings. The number of nitrogens with two attached hydrogens (primary N) is 1. The first-order valence-electron chi connectivity index (χ1n) is 7.92. The number of nitrogens with one attached hydrogen (secondary N) is 1. The number of carbonyl (C=O) groups is 2. The summed E-state index contributed by atoms with van der Waals surface area (Å²) in [5.74, 6) is 0.347. The molecule has 0 spiro atoms. The van der Waals surface area contributed by atoms with Crippen molar-refractivity contribution in [1.82, 2.24) is 10.2 Å². The molecule has 3 N–H and O–H groups in total. The molecule has 114 valence electrons. The second-order valence-corrected chi connectivity index (χ2v) is 6.15. The van der Waals surface area contributed by atoms with Crippen LogP contribution in [0.3, 0.4) is 0 Å². The highest BCUT2D eigenvalue weighted by Gasteiger charge is 2.33. The summed E-state index contributed by atoms with van der Waals surface area (Å²) in [6.45, 7) is 4.01. The van der Waals surface area contributed by atoms with Crippen molar-refractivity contribution in [2.45, 2.75) is 51.5 Å². The number of hydrogen-bond donors (Lipinski definition) is 2. The molecule has 2 fully saturated rings. The van der Waals surface area contributed by atoms with E-state index in [-0.39, 0.29) is 23.7 Å². The molecule has 5 heteroatoms. The molecule has 1 aliphatic carbocycles. The highest BCUT2D eigenvalue weighted by Crippen LogP contribution is 2.31. The number of amides is 2. The van der Waals surface area contributed by atoms with Gasteiger partial charge in [-0.25, -0.2) is 0 Å². The van der Waals surface area contributed by atoms with Crippen LogP contribution >= 0.6 is 0 Å². The molecular formula is C15H27N3O2. The van der Waals surface area contributed by atoms with Gasteiger partial charge in [0.05, 0.1) is 0 Å². The Balaban J connectivity index is 1.85. The number of likely N-dealkylation sites (tertiary alicyclic amines) is 1. The second kappa shape index (κ2) is 7.07. The Kier molecular flexibility index (Phi) is 5.40. The van der Waals surface area contributed by atoms with E-state index in [2.05, 4.69) is 5.32 Å². The Morgan fingerprint density at radius 3 is 2.55 bits per heavy atom. The number of piperidine rings is 1. The molecule has 0 aromatic heterocycles. The minimum Gasteiger partial charge on any atom is -0.344 e. The van der Waals surface area contributed by atoms with E-state index in [1.165, 1.54) is 6.42 Å². The Bertz CT molecular complexity index is 353. The highest BCUT2D eigenvalue weighted by atomic mass is 16.2. The van der Waals surface area contributed by atoms with E-state index in [1.54, 1.807) is 6.92 Å². The Labute approximate surface area is 121 Å². The quantitative estimate of drug-likeness (QED) is 0.803. The minimum absolute atomic E-state index is 0.00314. The van der Waals surface area contributed by atoms with E-state index in [0.29, 0.717) is 6.54 Å². The van der Waals surface area contributed by atoms with Crippen LogP contribution in [0.25, 0.3) is 0 Å². The largest absolute Gasteiger partial charge is 0.344 e. The van der Waals surface area contributed by atoms with Crippen molar-refractivity contribution in [1.29, 1.82) is 0 Å². The van der Waals surface area contributed by atoms with Crippen LogP contribution in [0.2, 0.25) is 0 Å². The Morgan fingerprint density at radius 2 is 1.90 bits per heavy atom. The third kappa shape index (κ3) is 3.51. The first-order valence-corrected chi connectivity index (χ1v) is 7.92. The van der Waals surface area contributed by atoms with Gasteiger partial charge in [-0.15, -0.1) is 0 Å². The summed E-state index contributed by atoms with van der Waals surface area (Å²) in [5.41, 5.74) is 5.71. The zero-order valence-electron chi connectivity index (χ0n) is 12.4. The lowest BCUT2D eigenvalue weighted by molar-refractivity contribution is -0.138. The van der Waals surface area contributed by atoms with Crippen molar-refractivity contribution >= 4 is 11.8 Å². The lowest BCUT2D eigenvalue weighted by atomic mass is 9.95. The van der Waals surface area contributed by atoms with Gasteiger partial charge in [-0.2, -0.15) is 0 Å². The molecule has 1 saturated carbocycles. The van der Waals surface area contributed by atoms with Crippen LogP contribution in [0.1, 0.15) is 45.4 Å². The lowest BCUT2D eigenvalue weighted by Gasteiger charge is -2.30. The number of carbonyl (C=O) groups excluding carboxylic acids is 2. The van der Waals surface area contributed by atoms with Gasteiger partial charge in [0.15, 0.2) is 0 Å². The predicted molar refractivity (Wildman–Crippen MR) is 77.9 cm³/mol. The molecule has 2 amide bonds. The van der Waals surface area contributed by atoms with Gasteiger partial charge in [-0.1, -0.05) is 6.42 Å². The number of nitrogens with zero attached hydrogens (tertiary/aromatic N) is 1. The van der Waals surface area contributed by atoms with Gasteiger partial charge in [0, 0.05) is 19.0 Å². The van der Waals surface area contributed by atoms with E-state index >= 15 is 0 Å². The number of hydrogen-bond acceptors (Lipinski definition) is 3. The molecule has 1 heterocycles. The van der Waals surface area contributed by atoms with E-state index < -0.39 is 6.04 Å². The van der Waals surface area contributed by atoms with E-state index in [0.717, 1.165) is 45.2 Å². The molecule has 1 saturated heterocycles. The van der Waals surface area contributed by atoms with Crippen molar-refractivity contribution in [2.75, 3.05) is 19.6 Å². The van der Waals surface area contributed by atoms with Gasteiger partial charge in [0.1, 0.15) is 6.04 Å². The minimum atomic E-state index is -0.417. The van der Waals surface area contributed by atoms with Gasteiger partial charge in [-0.05, 0) is 51.5 Å². The SMILES string of the molecule is C[C@H](NC(=O)[C@@H]1CCC[C@@H]1CN)C(=O)N1CCCCC1. The second-order valence-electron chi connectivity index (χ2n) is 6.15. The summed E-state index contributed by atoms with van der Waals surface area (Å²) in [5, 5.41) is 2.90. The summed E-state index contributed by atoms with van der Waals surface area (Å²) in [7, 11) is 0. The molecule has 0 aromatic carbocycles. The Hall–Kier alpha value is -1.10. The molecule has 0 unspecified atom stereocenters. The Morgan fingerprint density at radius 1 is 1.20 bits per heavy atom. The average Bonchev–Trinajstić information content (AvgIpc) is 2.95. The molecule has 20 heavy (non-hydrogen) atoms. The van der Waals surface area contributed by atoms with Crippen molar-refractivity contribution in [2.24, 2.45) is 17.6 Å². The van der Waals surface area contributed by atoms with Gasteiger partial charge in [0.25, 0.3) is 0 Å². The molecule has 3 atom stereocenters. The zero-order valence-corrected chi connectivity index (χ0v) is 12.4. The normalized spacial score (nSPS) is 28.2. The summed E-state index contributed by atoms with van der Waals surface area (Å²) >= 11 is 0. The fourth-order valence-electron chi connectivity index (χ4n) is 3.43. The lowest BCUT2D eigenvalue weighted by Crippen LogP contribution is -2.50. The monoisotopic (exact) mass is 281 g/mol. The van der Waals surface area contributed by atoms with E-state index in [4.69, 9.17) is 5.73 Å². The van der Waals surface area contributed by atoms with Crippen molar-refractivity contribution in [3.63, 3.8) is 0 Å². The van der Waals surface area contributed by atoms with Gasteiger partial charge >= 0.3 is 0 Å². The predicted octanol–water partition coefficient (Wildman–Crippen LogP) is 0.879. The van der Waals surface area contributed by atoms with Crippen LogP contribution in [0.15, 0.2) is 0 Å². The molecule has 2 rings (SSSR count). The summed E-state index contributed by atoms with van der Waals surface area (Å²) < 4.78 is 0. The van der Waals surface area contributed by atoms with Crippen LogP contribution in [0, 0.1) is 11.8 Å². The molecular weight excluding hydrogens is 254 g/mol. The van der Waals surface area contributed by atoms with Crippen LogP contribution in [0.4, 0.5) is 0 Å². The standard InChI is InChI=1S/C15H27N3O2/c1-11(15(20)18-8-3-2-4-9-18)17-14(19)13-7-5-6-12(13)10-16/h11-13H,2-10,16H2,1H3,(H,17,19)/t11-,12+,13+/m0/s1. The molecule has 0 radical (unpaired) electrons. The summed E-state index contributed by atoms with van der Waals surface area (Å²) in [6.07, 6.45) is 6.34. The van der Waals surface area contributed by atoms with Gasteiger partial charge < -0.3 is 16.0 Å². The van der Waals surface area contributed by atoms with E-state index in [9.17, 15) is 9.59 Å². The van der Waals surface area contributed by atoms with Crippen LogP contribution < -0.4 is 11.1 Å². The average molecular weight is 281 g/mol. The maximum absolute atomic E-state index is 12.3. The van der Waals surface area contributed by atoms with Crippen LogP contribution in [-0.2, 0) is 9.59 Å². The van der Waals surface area contributed by atoms with Gasteiger partial charge in [0.2, 0.25) is 11.8 Å². The third-order valence-corrected chi connectivity index (χ3v) is 4.70. The van der Waals surface area contributed by atoms with Gasteiger partial charge in [-0.3, -0.25) is 9.59 Å². The van der Waals surface area contributed by atoms with Crippen molar-refractivity contribution < 1.29 is 9.59 Å². The van der Waals surface area contributed by atoms with Crippen LogP contribution in [-0.4, -0.2) is 42.4 Å². The number of rotatable bonds is 4. The smallest absolute Gasteiger partial charge is 0.244 e. The van der Waals surface area contributed by atoms with Crippen LogP contribution in [0.5, 0.6) is 0 Å². The van der Waals surface area contributed by atoms with Crippen molar-refractivity contribution in [3.8, 4) is 0 Å². The zero-order chi connectivity index (χ0) is 14.5. The third-order valence-electron chi connectivity index (χ3n) is 4.70. The first kappa shape index (κ1) is 15.3. The maximum Gasteiger partial charge on any atom is 0.244 e. The molecule has 0 bridgehead atoms. The van der Waals surface area contributed by atoms with E-state index in [1.807, 2.05) is 4.90 Å². The molecule has 1 aliphatic heterocycles. The summed E-state index contributed by atoms with van der Waals surface area (Å²) in [6, 6.07) is -0.417. The molecule has 0 aromatic rings. The topological polar surface area (TPSA) is 75.4 Å². The van der Waals surface area contributed by atoms with Crippen molar-refractivity contribution in [3.05, 3.63) is 0 Å². The fourth-order valence-corrected chi connectivity index (χ4v) is 3.43. The maximum atomic E-state index is 12.3. The summed E-state index contributed by atoms with van der Waals surface area (Å²) in [4.78, 5) is 26.4.